The smallest absolute Gasteiger partial charge is 0.270 e. The second-order valence-electron chi connectivity index (χ2n) is 6.53. The average Bonchev–Trinajstić information content (AvgIpc) is 3.30. The zero-order valence-corrected chi connectivity index (χ0v) is 15.8. The number of amides is 1. The first-order chi connectivity index (χ1) is 12.8. The lowest BCUT2D eigenvalue weighted by molar-refractivity contribution is -0.384. The summed E-state index contributed by atoms with van der Waals surface area (Å²) < 4.78 is 25.3. The van der Waals surface area contributed by atoms with E-state index >= 15 is 0 Å². The number of carbonyl (C=O) groups is 1. The Morgan fingerprint density at radius 2 is 2.19 bits per heavy atom. The van der Waals surface area contributed by atoms with Gasteiger partial charge in [-0.15, -0.1) is 0 Å². The minimum Gasteiger partial charge on any atom is -0.306 e. The van der Waals surface area contributed by atoms with Crippen molar-refractivity contribution < 1.29 is 18.1 Å². The molecule has 1 amide bonds. The Bertz CT molecular complexity index is 1050. The van der Waals surface area contributed by atoms with E-state index in [9.17, 15) is 23.3 Å². The van der Waals surface area contributed by atoms with E-state index in [-0.39, 0.29) is 28.8 Å². The normalized spacial score (nSPS) is 20.4. The van der Waals surface area contributed by atoms with Gasteiger partial charge in [0.05, 0.1) is 28.2 Å². The van der Waals surface area contributed by atoms with Crippen LogP contribution in [0.3, 0.4) is 0 Å². The predicted octanol–water partition coefficient (Wildman–Crippen LogP) is 2.15. The highest BCUT2D eigenvalue weighted by Crippen LogP contribution is 2.38. The maximum atomic E-state index is 12.7. The monoisotopic (exact) mass is 408 g/mol. The molecule has 27 heavy (non-hydrogen) atoms. The minimum atomic E-state index is -3.10. The van der Waals surface area contributed by atoms with Gasteiger partial charge in [-0.1, -0.05) is 6.07 Å². The van der Waals surface area contributed by atoms with Crippen LogP contribution in [0.15, 0.2) is 24.3 Å². The second kappa shape index (κ2) is 6.64. The highest BCUT2D eigenvalue weighted by molar-refractivity contribution is 7.98. The SMILES string of the molecule is O=C(Nc1c2c(nn1C1CCS(=O)(=O)C1)CSC2)c1cccc([N+](=O)[O-])c1. The van der Waals surface area contributed by atoms with Crippen LogP contribution in [0.4, 0.5) is 11.5 Å². The number of anilines is 1. The lowest BCUT2D eigenvalue weighted by Gasteiger charge is -2.15. The van der Waals surface area contributed by atoms with Crippen LogP contribution in [0.25, 0.3) is 0 Å². The Morgan fingerprint density at radius 3 is 2.89 bits per heavy atom. The van der Waals surface area contributed by atoms with Crippen LogP contribution in [0.5, 0.6) is 0 Å². The van der Waals surface area contributed by atoms with E-state index in [0.29, 0.717) is 23.7 Å². The van der Waals surface area contributed by atoms with E-state index in [1.165, 1.54) is 24.3 Å². The first-order valence-corrected chi connectivity index (χ1v) is 11.3. The molecule has 1 atom stereocenters. The van der Waals surface area contributed by atoms with Gasteiger partial charge in [-0.2, -0.15) is 16.9 Å². The molecule has 0 saturated carbocycles. The quantitative estimate of drug-likeness (QED) is 0.607. The number of aromatic nitrogens is 2. The lowest BCUT2D eigenvalue weighted by Crippen LogP contribution is -2.20. The Hall–Kier alpha value is -2.40. The number of nitro benzene ring substituents is 1. The van der Waals surface area contributed by atoms with E-state index in [0.717, 1.165) is 11.3 Å². The summed E-state index contributed by atoms with van der Waals surface area (Å²) in [6.07, 6.45) is 0.454. The van der Waals surface area contributed by atoms with Gasteiger partial charge < -0.3 is 5.32 Å². The zero-order valence-electron chi connectivity index (χ0n) is 14.1. The van der Waals surface area contributed by atoms with Crippen LogP contribution in [0.2, 0.25) is 0 Å². The van der Waals surface area contributed by atoms with Crippen molar-refractivity contribution in [1.82, 2.24) is 9.78 Å². The predicted molar refractivity (Wildman–Crippen MR) is 101 cm³/mol. The number of thioether (sulfide) groups is 1. The Morgan fingerprint density at radius 1 is 1.37 bits per heavy atom. The number of hydrogen-bond acceptors (Lipinski definition) is 7. The summed E-state index contributed by atoms with van der Waals surface area (Å²) in [6.45, 7) is 0. The molecule has 1 N–H and O–H groups in total. The molecular weight excluding hydrogens is 392 g/mol. The molecule has 2 aromatic rings. The molecule has 4 rings (SSSR count). The third-order valence-corrected chi connectivity index (χ3v) is 7.40. The fourth-order valence-electron chi connectivity index (χ4n) is 3.34. The number of hydrogen-bond donors (Lipinski definition) is 1. The number of fused-ring (bicyclic) bond motifs is 1. The average molecular weight is 408 g/mol. The largest absolute Gasteiger partial charge is 0.306 e. The number of carbonyl (C=O) groups excluding carboxylic acids is 1. The summed E-state index contributed by atoms with van der Waals surface area (Å²) in [4.78, 5) is 23.1. The van der Waals surface area contributed by atoms with Crippen LogP contribution in [0, 0.1) is 10.1 Å². The third kappa shape index (κ3) is 3.44. The van der Waals surface area contributed by atoms with E-state index in [1.54, 1.807) is 16.4 Å². The number of rotatable bonds is 4. The van der Waals surface area contributed by atoms with Crippen molar-refractivity contribution in [2.45, 2.75) is 24.0 Å². The van der Waals surface area contributed by atoms with E-state index in [4.69, 9.17) is 0 Å². The molecule has 0 aliphatic carbocycles. The van der Waals surface area contributed by atoms with Crippen molar-refractivity contribution in [3.63, 3.8) is 0 Å². The maximum Gasteiger partial charge on any atom is 0.270 e. The summed E-state index contributed by atoms with van der Waals surface area (Å²) >= 11 is 1.67. The Kier molecular flexibility index (Phi) is 4.42. The summed E-state index contributed by atoms with van der Waals surface area (Å²) in [5, 5.41) is 18.3. The molecule has 3 heterocycles. The topological polar surface area (TPSA) is 124 Å². The molecule has 1 aromatic heterocycles. The first kappa shape index (κ1) is 18.0. The summed E-state index contributed by atoms with van der Waals surface area (Å²) in [5.74, 6) is 1.50. The highest BCUT2D eigenvalue weighted by Gasteiger charge is 2.34. The molecule has 0 bridgehead atoms. The molecule has 1 saturated heterocycles. The molecule has 1 fully saturated rings. The van der Waals surface area contributed by atoms with Crippen LogP contribution in [-0.2, 0) is 21.3 Å². The van der Waals surface area contributed by atoms with Crippen molar-refractivity contribution in [2.75, 3.05) is 16.8 Å². The molecule has 0 radical (unpaired) electrons. The summed E-state index contributed by atoms with van der Waals surface area (Å²) in [7, 11) is -3.10. The molecule has 1 unspecified atom stereocenters. The number of sulfone groups is 1. The Balaban J connectivity index is 1.66. The third-order valence-electron chi connectivity index (χ3n) is 4.68. The standard InChI is InChI=1S/C16H16N4O5S2/c21-16(10-2-1-3-11(6-10)20(22)23)17-15-13-7-26-8-14(13)18-19(15)12-4-5-27(24,25)9-12/h1-3,6,12H,4-5,7-9H2,(H,17,21). The summed E-state index contributed by atoms with van der Waals surface area (Å²) in [6, 6.07) is 5.17. The summed E-state index contributed by atoms with van der Waals surface area (Å²) in [5.41, 5.74) is 1.73. The Labute approximate surface area is 159 Å². The van der Waals surface area contributed by atoms with Crippen LogP contribution in [-0.4, -0.2) is 40.5 Å². The van der Waals surface area contributed by atoms with Crippen molar-refractivity contribution in [1.29, 1.82) is 0 Å². The van der Waals surface area contributed by atoms with Crippen molar-refractivity contribution in [3.8, 4) is 0 Å². The van der Waals surface area contributed by atoms with Crippen LogP contribution >= 0.6 is 11.8 Å². The molecule has 2 aliphatic heterocycles. The fourth-order valence-corrected chi connectivity index (χ4v) is 6.07. The second-order valence-corrected chi connectivity index (χ2v) is 9.74. The zero-order chi connectivity index (χ0) is 19.2. The fraction of sp³-hybridized carbons (Fsp3) is 0.375. The number of non-ortho nitro benzene ring substituents is 1. The number of benzene rings is 1. The first-order valence-electron chi connectivity index (χ1n) is 8.28. The lowest BCUT2D eigenvalue weighted by atomic mass is 10.2. The molecule has 9 nitrogen and oxygen atoms in total. The van der Waals surface area contributed by atoms with E-state index < -0.39 is 20.7 Å². The van der Waals surface area contributed by atoms with Crippen molar-refractivity contribution >= 4 is 39.0 Å². The van der Waals surface area contributed by atoms with Gasteiger partial charge in [-0.05, 0) is 12.5 Å². The van der Waals surface area contributed by atoms with Crippen molar-refractivity contribution in [2.24, 2.45) is 0 Å². The number of nitrogens with one attached hydrogen (secondary N) is 1. The van der Waals surface area contributed by atoms with Gasteiger partial charge in [0.25, 0.3) is 11.6 Å². The number of nitro groups is 1. The van der Waals surface area contributed by atoms with Crippen LogP contribution in [0.1, 0.15) is 34.1 Å². The minimum absolute atomic E-state index is 0.000379. The molecule has 0 spiro atoms. The van der Waals surface area contributed by atoms with Gasteiger partial charge in [-0.3, -0.25) is 14.9 Å². The molecule has 2 aliphatic rings. The molecule has 142 valence electrons. The molecule has 1 aromatic carbocycles. The van der Waals surface area contributed by atoms with E-state index in [2.05, 4.69) is 10.4 Å². The maximum absolute atomic E-state index is 12.7. The van der Waals surface area contributed by atoms with Gasteiger partial charge in [0.1, 0.15) is 5.82 Å². The van der Waals surface area contributed by atoms with Gasteiger partial charge in [0.15, 0.2) is 9.84 Å². The number of nitrogens with zero attached hydrogens (tertiary/aromatic N) is 3. The van der Waals surface area contributed by atoms with Crippen LogP contribution < -0.4 is 5.32 Å². The van der Waals surface area contributed by atoms with Crippen molar-refractivity contribution in [3.05, 3.63) is 51.2 Å². The van der Waals surface area contributed by atoms with Gasteiger partial charge in [-0.25, -0.2) is 13.1 Å². The molecular formula is C16H16N4O5S2. The van der Waals surface area contributed by atoms with Gasteiger partial charge in [0.2, 0.25) is 0 Å². The molecule has 11 heteroatoms. The van der Waals surface area contributed by atoms with Gasteiger partial charge in [0, 0.05) is 34.8 Å². The van der Waals surface area contributed by atoms with Gasteiger partial charge >= 0.3 is 0 Å². The van der Waals surface area contributed by atoms with E-state index in [1.807, 2.05) is 0 Å². The highest BCUT2D eigenvalue weighted by atomic mass is 32.2.